The maximum absolute atomic E-state index is 10.9. The molecule has 0 unspecified atom stereocenters. The second kappa shape index (κ2) is 6.76. The van der Waals surface area contributed by atoms with Gasteiger partial charge in [-0.15, -0.1) is 0 Å². The molecule has 0 spiro atoms. The van der Waals surface area contributed by atoms with Gasteiger partial charge >= 0.3 is 5.97 Å². The number of hydrogen-bond donors (Lipinski definition) is 2. The summed E-state index contributed by atoms with van der Waals surface area (Å²) in [5, 5.41) is 17.9. The highest BCUT2D eigenvalue weighted by Crippen LogP contribution is 2.28. The Morgan fingerprint density at radius 3 is 2.29 bits per heavy atom. The van der Waals surface area contributed by atoms with Crippen LogP contribution in [-0.4, -0.2) is 23.3 Å². The molecule has 110 valence electrons. The van der Waals surface area contributed by atoms with Crippen LogP contribution in [0.15, 0.2) is 42.5 Å². The van der Waals surface area contributed by atoms with Gasteiger partial charge in [0.15, 0.2) is 11.5 Å². The highest BCUT2D eigenvalue weighted by molar-refractivity contribution is 5.88. The number of aliphatic hydroxyl groups is 1. The number of benzene rings is 2. The van der Waals surface area contributed by atoms with E-state index in [2.05, 4.69) is 0 Å². The summed E-state index contributed by atoms with van der Waals surface area (Å²) in [6.07, 6.45) is 0. The van der Waals surface area contributed by atoms with Crippen molar-refractivity contribution in [3.63, 3.8) is 0 Å². The quantitative estimate of drug-likeness (QED) is 0.854. The molecule has 0 saturated heterocycles. The van der Waals surface area contributed by atoms with Gasteiger partial charge < -0.3 is 19.7 Å². The van der Waals surface area contributed by atoms with Crippen molar-refractivity contribution in [1.82, 2.24) is 0 Å². The minimum atomic E-state index is -1.01. The summed E-state index contributed by atoms with van der Waals surface area (Å²) in [5.74, 6) is -0.157. The first-order valence-corrected chi connectivity index (χ1v) is 6.37. The smallest absolute Gasteiger partial charge is 0.335 e. The van der Waals surface area contributed by atoms with Crippen LogP contribution in [0.5, 0.6) is 11.5 Å². The average Bonchev–Trinajstić information content (AvgIpc) is 2.53. The van der Waals surface area contributed by atoms with Crippen molar-refractivity contribution >= 4 is 5.97 Å². The summed E-state index contributed by atoms with van der Waals surface area (Å²) in [5.41, 5.74) is 1.92. The highest BCUT2D eigenvalue weighted by Gasteiger charge is 2.10. The molecule has 2 N–H and O–H groups in total. The summed E-state index contributed by atoms with van der Waals surface area (Å²) < 4.78 is 10.8. The van der Waals surface area contributed by atoms with Crippen LogP contribution in [0, 0.1) is 0 Å². The number of carboxylic acids is 1. The first kappa shape index (κ1) is 14.9. The van der Waals surface area contributed by atoms with Crippen LogP contribution in [0.4, 0.5) is 0 Å². The van der Waals surface area contributed by atoms with Gasteiger partial charge in [-0.05, 0) is 29.3 Å². The molecule has 5 nitrogen and oxygen atoms in total. The van der Waals surface area contributed by atoms with E-state index in [9.17, 15) is 4.79 Å². The summed E-state index contributed by atoms with van der Waals surface area (Å²) in [7, 11) is 1.46. The van der Waals surface area contributed by atoms with Crippen molar-refractivity contribution in [2.24, 2.45) is 0 Å². The Hall–Kier alpha value is -2.53. The second-order valence-corrected chi connectivity index (χ2v) is 4.43. The van der Waals surface area contributed by atoms with Crippen LogP contribution >= 0.6 is 0 Å². The van der Waals surface area contributed by atoms with Gasteiger partial charge in [-0.3, -0.25) is 0 Å². The Balaban J connectivity index is 2.09. The van der Waals surface area contributed by atoms with Crippen LogP contribution in [0.1, 0.15) is 21.5 Å². The summed E-state index contributed by atoms with van der Waals surface area (Å²) >= 11 is 0. The van der Waals surface area contributed by atoms with Gasteiger partial charge in [0.25, 0.3) is 0 Å². The van der Waals surface area contributed by atoms with Crippen LogP contribution in [0.2, 0.25) is 0 Å². The third kappa shape index (κ3) is 3.73. The summed E-state index contributed by atoms with van der Waals surface area (Å²) in [4.78, 5) is 10.9. The van der Waals surface area contributed by atoms with Crippen molar-refractivity contribution in [1.29, 1.82) is 0 Å². The minimum Gasteiger partial charge on any atom is -0.493 e. The Morgan fingerprint density at radius 2 is 1.71 bits per heavy atom. The molecule has 2 rings (SSSR count). The normalized spacial score (nSPS) is 10.2. The zero-order valence-electron chi connectivity index (χ0n) is 11.6. The van der Waals surface area contributed by atoms with Crippen molar-refractivity contribution < 1.29 is 24.5 Å². The molecule has 0 aromatic heterocycles. The number of carbonyl (C=O) groups is 1. The fraction of sp³-hybridized carbons (Fsp3) is 0.188. The first-order valence-electron chi connectivity index (χ1n) is 6.37. The van der Waals surface area contributed by atoms with E-state index in [4.69, 9.17) is 19.7 Å². The number of methoxy groups -OCH3 is 1. The van der Waals surface area contributed by atoms with E-state index in [0.717, 1.165) is 11.1 Å². The standard InChI is InChI=1S/C16H16O5/c1-20-15-8-13(16(18)19)6-7-14(15)21-10-12-4-2-11(9-17)3-5-12/h2-8,17H,9-10H2,1H3,(H,18,19). The fourth-order valence-electron chi connectivity index (χ4n) is 1.82. The Bertz CT molecular complexity index is 619. The molecular formula is C16H16O5. The zero-order valence-corrected chi connectivity index (χ0v) is 11.6. The van der Waals surface area contributed by atoms with E-state index in [0.29, 0.717) is 18.1 Å². The molecule has 2 aromatic rings. The third-order valence-electron chi connectivity index (χ3n) is 3.01. The van der Waals surface area contributed by atoms with Gasteiger partial charge in [0.2, 0.25) is 0 Å². The van der Waals surface area contributed by atoms with Gasteiger partial charge in [-0.25, -0.2) is 4.79 Å². The predicted octanol–water partition coefficient (Wildman–Crippen LogP) is 2.46. The van der Waals surface area contributed by atoms with E-state index < -0.39 is 5.97 Å². The lowest BCUT2D eigenvalue weighted by atomic mass is 10.1. The SMILES string of the molecule is COc1cc(C(=O)O)ccc1OCc1ccc(CO)cc1. The molecule has 0 bridgehead atoms. The molecule has 0 atom stereocenters. The average molecular weight is 288 g/mol. The molecule has 0 radical (unpaired) electrons. The van der Waals surface area contributed by atoms with Gasteiger partial charge in [0.05, 0.1) is 19.3 Å². The number of carboxylic acid groups (broad SMARTS) is 1. The van der Waals surface area contributed by atoms with E-state index in [1.54, 1.807) is 6.07 Å². The number of aromatic carboxylic acids is 1. The Kier molecular flexibility index (Phi) is 4.79. The van der Waals surface area contributed by atoms with Crippen LogP contribution < -0.4 is 9.47 Å². The van der Waals surface area contributed by atoms with Crippen LogP contribution in [-0.2, 0) is 13.2 Å². The third-order valence-corrected chi connectivity index (χ3v) is 3.01. The van der Waals surface area contributed by atoms with E-state index in [-0.39, 0.29) is 12.2 Å². The molecule has 0 aliphatic carbocycles. The highest BCUT2D eigenvalue weighted by atomic mass is 16.5. The summed E-state index contributed by atoms with van der Waals surface area (Å²) in [6, 6.07) is 11.8. The molecule has 0 amide bonds. The molecule has 0 aliphatic rings. The van der Waals surface area contributed by atoms with Crippen LogP contribution in [0.25, 0.3) is 0 Å². The topological polar surface area (TPSA) is 76.0 Å². The number of rotatable bonds is 6. The monoisotopic (exact) mass is 288 g/mol. The molecular weight excluding hydrogens is 272 g/mol. The molecule has 0 aliphatic heterocycles. The minimum absolute atomic E-state index is 0.00557. The van der Waals surface area contributed by atoms with Gasteiger partial charge in [0, 0.05) is 0 Å². The number of ether oxygens (including phenoxy) is 2. The Morgan fingerprint density at radius 1 is 1.05 bits per heavy atom. The van der Waals surface area contributed by atoms with Crippen LogP contribution in [0.3, 0.4) is 0 Å². The molecule has 5 heteroatoms. The largest absolute Gasteiger partial charge is 0.493 e. The lowest BCUT2D eigenvalue weighted by molar-refractivity contribution is 0.0696. The lowest BCUT2D eigenvalue weighted by Gasteiger charge is -2.11. The maximum atomic E-state index is 10.9. The van der Waals surface area contributed by atoms with E-state index in [1.165, 1.54) is 19.2 Å². The molecule has 0 fully saturated rings. The molecule has 2 aromatic carbocycles. The fourth-order valence-corrected chi connectivity index (χ4v) is 1.82. The maximum Gasteiger partial charge on any atom is 0.335 e. The Labute approximate surface area is 122 Å². The molecule has 0 saturated carbocycles. The van der Waals surface area contributed by atoms with Crippen molar-refractivity contribution in [3.05, 3.63) is 59.2 Å². The molecule has 0 heterocycles. The summed E-state index contributed by atoms with van der Waals surface area (Å²) in [6.45, 7) is 0.333. The lowest BCUT2D eigenvalue weighted by Crippen LogP contribution is -2.01. The number of aliphatic hydroxyl groups excluding tert-OH is 1. The van der Waals surface area contributed by atoms with Crippen molar-refractivity contribution in [2.45, 2.75) is 13.2 Å². The predicted molar refractivity (Wildman–Crippen MR) is 76.7 cm³/mol. The second-order valence-electron chi connectivity index (χ2n) is 4.43. The van der Waals surface area contributed by atoms with Crippen molar-refractivity contribution in [2.75, 3.05) is 7.11 Å². The number of hydrogen-bond acceptors (Lipinski definition) is 4. The zero-order chi connectivity index (χ0) is 15.2. The van der Waals surface area contributed by atoms with Gasteiger partial charge in [-0.2, -0.15) is 0 Å². The van der Waals surface area contributed by atoms with E-state index in [1.807, 2.05) is 24.3 Å². The van der Waals surface area contributed by atoms with Gasteiger partial charge in [0.1, 0.15) is 6.61 Å². The van der Waals surface area contributed by atoms with E-state index >= 15 is 0 Å². The van der Waals surface area contributed by atoms with Gasteiger partial charge in [-0.1, -0.05) is 24.3 Å². The first-order chi connectivity index (χ1) is 10.1. The molecule has 21 heavy (non-hydrogen) atoms. The van der Waals surface area contributed by atoms with Crippen molar-refractivity contribution in [3.8, 4) is 11.5 Å².